The van der Waals surface area contributed by atoms with Gasteiger partial charge in [-0.3, -0.25) is 9.78 Å². The maximum atomic E-state index is 12.7. The summed E-state index contributed by atoms with van der Waals surface area (Å²) >= 11 is 0. The molecule has 0 saturated heterocycles. The van der Waals surface area contributed by atoms with Crippen molar-refractivity contribution in [1.29, 1.82) is 0 Å². The van der Waals surface area contributed by atoms with Gasteiger partial charge in [-0.25, -0.2) is 4.98 Å². The summed E-state index contributed by atoms with van der Waals surface area (Å²) in [5, 5.41) is 11.7. The maximum absolute atomic E-state index is 12.7. The molecule has 1 aliphatic heterocycles. The van der Waals surface area contributed by atoms with Crippen LogP contribution in [-0.4, -0.2) is 48.1 Å². The molecule has 1 aliphatic rings. The molecule has 0 fully saturated rings. The minimum Gasteiger partial charge on any atom is -0.495 e. The highest BCUT2D eigenvalue weighted by atomic mass is 16.5. The van der Waals surface area contributed by atoms with Gasteiger partial charge in [0.1, 0.15) is 11.5 Å². The van der Waals surface area contributed by atoms with Gasteiger partial charge >= 0.3 is 0 Å². The van der Waals surface area contributed by atoms with E-state index >= 15 is 0 Å². The number of pyridine rings is 2. The van der Waals surface area contributed by atoms with E-state index in [1.54, 1.807) is 37.9 Å². The van der Waals surface area contributed by atoms with Crippen LogP contribution in [0.4, 0.5) is 0 Å². The van der Waals surface area contributed by atoms with Crippen LogP contribution < -0.4 is 14.8 Å². The summed E-state index contributed by atoms with van der Waals surface area (Å²) in [4.78, 5) is 21.7. The van der Waals surface area contributed by atoms with Crippen LogP contribution in [0.25, 0.3) is 22.2 Å². The SMILES string of the molecule is CCOc1cc(-c2cncc(OC)c2)nc2cc(C(=O)NCCCC3=NN=CC3)ccc12. The van der Waals surface area contributed by atoms with Crippen molar-refractivity contribution >= 4 is 28.7 Å². The monoisotopic (exact) mass is 431 g/mol. The van der Waals surface area contributed by atoms with Crippen LogP contribution in [0.3, 0.4) is 0 Å². The molecule has 0 atom stereocenters. The highest BCUT2D eigenvalue weighted by Gasteiger charge is 2.13. The molecular formula is C24H25N5O3. The number of carbonyl (C=O) groups is 1. The summed E-state index contributed by atoms with van der Waals surface area (Å²) in [7, 11) is 1.60. The van der Waals surface area contributed by atoms with Crippen molar-refractivity contribution in [3.05, 3.63) is 48.3 Å². The Hall–Kier alpha value is -3.81. The van der Waals surface area contributed by atoms with E-state index < -0.39 is 0 Å². The second-order valence-corrected chi connectivity index (χ2v) is 7.31. The van der Waals surface area contributed by atoms with E-state index in [4.69, 9.17) is 14.5 Å². The summed E-state index contributed by atoms with van der Waals surface area (Å²) in [5.74, 6) is 1.22. The normalized spacial score (nSPS) is 12.6. The standard InChI is InChI=1S/C24H25N5O3/c1-3-32-23-13-21(17-11-19(31-2)15-25-14-17)28-22-12-16(6-7-20(22)23)24(30)26-9-4-5-18-8-10-27-29-18/h6-7,10-15H,3-5,8-9H2,1-2H3,(H,26,30). The van der Waals surface area contributed by atoms with Crippen molar-refractivity contribution in [3.63, 3.8) is 0 Å². The molecule has 0 spiro atoms. The lowest BCUT2D eigenvalue weighted by Gasteiger charge is -2.12. The zero-order chi connectivity index (χ0) is 22.3. The van der Waals surface area contributed by atoms with Crippen LogP contribution in [0.2, 0.25) is 0 Å². The predicted octanol–water partition coefficient (Wildman–Crippen LogP) is 4.04. The van der Waals surface area contributed by atoms with Crippen LogP contribution in [0.1, 0.15) is 36.5 Å². The number of nitrogens with one attached hydrogen (secondary N) is 1. The first-order valence-corrected chi connectivity index (χ1v) is 10.6. The molecule has 32 heavy (non-hydrogen) atoms. The highest BCUT2D eigenvalue weighted by Crippen LogP contribution is 2.31. The van der Waals surface area contributed by atoms with Crippen molar-refractivity contribution in [1.82, 2.24) is 15.3 Å². The van der Waals surface area contributed by atoms with Crippen molar-refractivity contribution in [2.24, 2.45) is 10.2 Å². The lowest BCUT2D eigenvalue weighted by Crippen LogP contribution is -2.24. The van der Waals surface area contributed by atoms with Gasteiger partial charge < -0.3 is 14.8 Å². The number of amides is 1. The number of hydrogen-bond acceptors (Lipinski definition) is 7. The lowest BCUT2D eigenvalue weighted by molar-refractivity contribution is 0.0953. The smallest absolute Gasteiger partial charge is 0.251 e. The zero-order valence-corrected chi connectivity index (χ0v) is 18.2. The first kappa shape index (κ1) is 21.4. The Balaban J connectivity index is 1.56. The van der Waals surface area contributed by atoms with E-state index in [0.29, 0.717) is 41.4 Å². The van der Waals surface area contributed by atoms with Gasteiger partial charge in [0, 0.05) is 53.7 Å². The molecule has 3 heterocycles. The van der Waals surface area contributed by atoms with Crippen LogP contribution in [0, 0.1) is 0 Å². The third kappa shape index (κ3) is 4.91. The molecule has 0 saturated carbocycles. The molecule has 8 nitrogen and oxygen atoms in total. The average Bonchev–Trinajstić information content (AvgIpc) is 3.35. The first-order chi connectivity index (χ1) is 15.7. The Kier molecular flexibility index (Phi) is 6.69. The summed E-state index contributed by atoms with van der Waals surface area (Å²) in [6.45, 7) is 3.03. The third-order valence-corrected chi connectivity index (χ3v) is 5.11. The summed E-state index contributed by atoms with van der Waals surface area (Å²) < 4.78 is 11.1. The van der Waals surface area contributed by atoms with Gasteiger partial charge in [0.05, 0.1) is 31.1 Å². The molecule has 164 valence electrons. The van der Waals surface area contributed by atoms with Crippen LogP contribution in [-0.2, 0) is 0 Å². The van der Waals surface area contributed by atoms with E-state index in [1.807, 2.05) is 25.1 Å². The van der Waals surface area contributed by atoms with Gasteiger partial charge in [-0.15, -0.1) is 0 Å². The molecule has 1 aromatic carbocycles. The van der Waals surface area contributed by atoms with Crippen molar-refractivity contribution in [3.8, 4) is 22.8 Å². The minimum absolute atomic E-state index is 0.135. The average molecular weight is 431 g/mol. The molecule has 0 radical (unpaired) electrons. The topological polar surface area (TPSA) is 98.1 Å². The number of fused-ring (bicyclic) bond motifs is 1. The van der Waals surface area contributed by atoms with Gasteiger partial charge in [0.25, 0.3) is 5.91 Å². The molecule has 0 unspecified atom stereocenters. The first-order valence-electron chi connectivity index (χ1n) is 10.6. The molecule has 4 rings (SSSR count). The summed E-state index contributed by atoms with van der Waals surface area (Å²) in [5.41, 5.74) is 3.79. The Morgan fingerprint density at radius 2 is 2.09 bits per heavy atom. The molecule has 0 aliphatic carbocycles. The Labute approximate surface area is 186 Å². The number of ether oxygens (including phenoxy) is 2. The van der Waals surface area contributed by atoms with Crippen molar-refractivity contribution in [2.75, 3.05) is 20.3 Å². The fourth-order valence-electron chi connectivity index (χ4n) is 3.49. The van der Waals surface area contributed by atoms with E-state index in [9.17, 15) is 4.79 Å². The quantitative estimate of drug-likeness (QED) is 0.516. The van der Waals surface area contributed by atoms with Crippen molar-refractivity contribution in [2.45, 2.75) is 26.2 Å². The number of benzene rings is 1. The van der Waals surface area contributed by atoms with Crippen LogP contribution in [0.5, 0.6) is 11.5 Å². The molecule has 0 bridgehead atoms. The highest BCUT2D eigenvalue weighted by molar-refractivity contribution is 6.00. The fraction of sp³-hybridized carbons (Fsp3) is 0.292. The molecule has 8 heteroatoms. The van der Waals surface area contributed by atoms with Gasteiger partial charge in [0.15, 0.2) is 0 Å². The number of carbonyl (C=O) groups excluding carboxylic acids is 1. The maximum Gasteiger partial charge on any atom is 0.251 e. The van der Waals surface area contributed by atoms with Crippen molar-refractivity contribution < 1.29 is 14.3 Å². The molecule has 1 amide bonds. The van der Waals surface area contributed by atoms with Gasteiger partial charge in [-0.1, -0.05) is 0 Å². The molecule has 2 aromatic heterocycles. The number of hydrogen-bond donors (Lipinski definition) is 1. The van der Waals surface area contributed by atoms with Crippen LogP contribution in [0.15, 0.2) is 52.9 Å². The largest absolute Gasteiger partial charge is 0.495 e. The Morgan fingerprint density at radius 3 is 2.88 bits per heavy atom. The number of rotatable bonds is 9. The van der Waals surface area contributed by atoms with Gasteiger partial charge in [0.2, 0.25) is 0 Å². The second kappa shape index (κ2) is 10.00. The second-order valence-electron chi connectivity index (χ2n) is 7.31. The molecular weight excluding hydrogens is 406 g/mol. The van der Waals surface area contributed by atoms with Crippen LogP contribution >= 0.6 is 0 Å². The third-order valence-electron chi connectivity index (χ3n) is 5.11. The number of aromatic nitrogens is 2. The summed E-state index contributed by atoms with van der Waals surface area (Å²) in [6.07, 6.45) is 7.61. The zero-order valence-electron chi connectivity index (χ0n) is 18.2. The van der Waals surface area contributed by atoms with E-state index in [1.165, 1.54) is 0 Å². The Bertz CT molecular complexity index is 1190. The fourth-order valence-corrected chi connectivity index (χ4v) is 3.49. The Morgan fingerprint density at radius 1 is 1.19 bits per heavy atom. The van der Waals surface area contributed by atoms with Gasteiger partial charge in [-0.05, 0) is 44.0 Å². The number of methoxy groups -OCH3 is 1. The van der Waals surface area contributed by atoms with E-state index in [-0.39, 0.29) is 5.91 Å². The van der Waals surface area contributed by atoms with E-state index in [0.717, 1.165) is 35.9 Å². The van der Waals surface area contributed by atoms with Gasteiger partial charge in [-0.2, -0.15) is 10.2 Å². The molecule has 1 N–H and O–H groups in total. The molecule has 3 aromatic rings. The minimum atomic E-state index is -0.135. The lowest BCUT2D eigenvalue weighted by atomic mass is 10.1. The summed E-state index contributed by atoms with van der Waals surface area (Å²) in [6, 6.07) is 9.22. The number of nitrogens with zero attached hydrogens (tertiary/aromatic N) is 4. The predicted molar refractivity (Wildman–Crippen MR) is 125 cm³/mol. The van der Waals surface area contributed by atoms with E-state index in [2.05, 4.69) is 20.5 Å².